The third kappa shape index (κ3) is 1.80. The van der Waals surface area contributed by atoms with Crippen LogP contribution in [0.25, 0.3) is 11.1 Å². The van der Waals surface area contributed by atoms with Crippen LogP contribution in [0, 0.1) is 0 Å². The quantitative estimate of drug-likeness (QED) is 0.755. The lowest BCUT2D eigenvalue weighted by Crippen LogP contribution is -1.95. The van der Waals surface area contributed by atoms with Crippen LogP contribution in [0.3, 0.4) is 0 Å². The van der Waals surface area contributed by atoms with Crippen LogP contribution in [0.2, 0.25) is 0 Å². The largest absolute Gasteiger partial charge is 0.496 e. The van der Waals surface area contributed by atoms with Crippen LogP contribution >= 0.6 is 0 Å². The number of anilines is 2. The van der Waals surface area contributed by atoms with Crippen LogP contribution < -0.4 is 16.2 Å². The van der Waals surface area contributed by atoms with Crippen molar-refractivity contribution in [2.45, 2.75) is 0 Å². The van der Waals surface area contributed by atoms with Gasteiger partial charge in [0.2, 0.25) is 0 Å². The third-order valence-corrected chi connectivity index (χ3v) is 2.50. The maximum Gasteiger partial charge on any atom is 0.126 e. The zero-order valence-electron chi connectivity index (χ0n) is 9.10. The van der Waals surface area contributed by atoms with Gasteiger partial charge in [-0.05, 0) is 23.8 Å². The number of nitrogen functional groups attached to an aromatic ring is 2. The molecule has 0 heterocycles. The van der Waals surface area contributed by atoms with E-state index in [0.29, 0.717) is 11.4 Å². The number of rotatable bonds is 2. The molecule has 0 unspecified atom stereocenters. The molecule has 16 heavy (non-hydrogen) atoms. The van der Waals surface area contributed by atoms with Crippen molar-refractivity contribution < 1.29 is 4.74 Å². The Morgan fingerprint density at radius 3 is 2.38 bits per heavy atom. The van der Waals surface area contributed by atoms with Gasteiger partial charge in [-0.1, -0.05) is 24.3 Å². The summed E-state index contributed by atoms with van der Waals surface area (Å²) in [5, 5.41) is 0. The van der Waals surface area contributed by atoms with E-state index in [2.05, 4.69) is 0 Å². The summed E-state index contributed by atoms with van der Waals surface area (Å²) in [6.45, 7) is 0. The second-order valence-corrected chi connectivity index (χ2v) is 3.54. The summed E-state index contributed by atoms with van der Waals surface area (Å²) in [5.74, 6) is 0.826. The molecule has 0 saturated heterocycles. The Labute approximate surface area is 94.6 Å². The molecule has 3 heteroatoms. The van der Waals surface area contributed by atoms with Gasteiger partial charge in [0.15, 0.2) is 0 Å². The van der Waals surface area contributed by atoms with Gasteiger partial charge in [0.05, 0.1) is 18.5 Å². The molecule has 0 spiro atoms. The lowest BCUT2D eigenvalue weighted by molar-refractivity contribution is 0.416. The predicted molar refractivity (Wildman–Crippen MR) is 67.3 cm³/mol. The van der Waals surface area contributed by atoms with Gasteiger partial charge in [0, 0.05) is 5.56 Å². The van der Waals surface area contributed by atoms with Gasteiger partial charge in [0.25, 0.3) is 0 Å². The molecule has 0 radical (unpaired) electrons. The highest BCUT2D eigenvalue weighted by Gasteiger charge is 2.05. The van der Waals surface area contributed by atoms with Crippen molar-refractivity contribution in [3.63, 3.8) is 0 Å². The fourth-order valence-corrected chi connectivity index (χ4v) is 1.63. The summed E-state index contributed by atoms with van der Waals surface area (Å²) in [5.41, 5.74) is 14.7. The maximum absolute atomic E-state index is 5.78. The standard InChI is InChI=1S/C13H14N2O/c1-16-13-5-3-2-4-10(13)9-6-7-11(14)12(15)8-9/h2-8H,14-15H2,1H3. The van der Waals surface area contributed by atoms with Gasteiger partial charge in [-0.3, -0.25) is 0 Å². The second kappa shape index (κ2) is 4.14. The number of nitrogens with two attached hydrogens (primary N) is 2. The topological polar surface area (TPSA) is 61.3 Å². The first-order valence-electron chi connectivity index (χ1n) is 5.01. The van der Waals surface area contributed by atoms with Gasteiger partial charge in [0.1, 0.15) is 5.75 Å². The second-order valence-electron chi connectivity index (χ2n) is 3.54. The summed E-state index contributed by atoms with van der Waals surface area (Å²) in [6.07, 6.45) is 0. The van der Waals surface area contributed by atoms with Crippen molar-refractivity contribution in [2.75, 3.05) is 18.6 Å². The Morgan fingerprint density at radius 1 is 0.938 bits per heavy atom. The molecule has 0 amide bonds. The molecule has 0 saturated carbocycles. The average Bonchev–Trinajstić information content (AvgIpc) is 2.32. The van der Waals surface area contributed by atoms with E-state index in [0.717, 1.165) is 16.9 Å². The summed E-state index contributed by atoms with van der Waals surface area (Å²) in [4.78, 5) is 0. The molecule has 2 aromatic rings. The molecule has 2 aromatic carbocycles. The normalized spacial score (nSPS) is 10.1. The maximum atomic E-state index is 5.78. The van der Waals surface area contributed by atoms with Crippen molar-refractivity contribution in [2.24, 2.45) is 0 Å². The fourth-order valence-electron chi connectivity index (χ4n) is 1.63. The van der Waals surface area contributed by atoms with E-state index in [1.54, 1.807) is 13.2 Å². The first-order chi connectivity index (χ1) is 7.72. The van der Waals surface area contributed by atoms with Crippen LogP contribution in [0.4, 0.5) is 11.4 Å². The first-order valence-corrected chi connectivity index (χ1v) is 5.01. The first kappa shape index (κ1) is 10.4. The molecule has 0 atom stereocenters. The van der Waals surface area contributed by atoms with Crippen LogP contribution in [0.1, 0.15) is 0 Å². The molecule has 2 rings (SSSR count). The lowest BCUT2D eigenvalue weighted by Gasteiger charge is -2.09. The minimum Gasteiger partial charge on any atom is -0.496 e. The molecule has 0 aromatic heterocycles. The zero-order valence-corrected chi connectivity index (χ0v) is 9.10. The summed E-state index contributed by atoms with van der Waals surface area (Å²) < 4.78 is 5.30. The summed E-state index contributed by atoms with van der Waals surface area (Å²) >= 11 is 0. The van der Waals surface area contributed by atoms with Crippen molar-refractivity contribution in [3.05, 3.63) is 42.5 Å². The van der Waals surface area contributed by atoms with Gasteiger partial charge in [-0.15, -0.1) is 0 Å². The molecule has 0 aliphatic heterocycles. The van der Waals surface area contributed by atoms with Gasteiger partial charge in [-0.2, -0.15) is 0 Å². The highest BCUT2D eigenvalue weighted by Crippen LogP contribution is 2.31. The van der Waals surface area contributed by atoms with E-state index in [9.17, 15) is 0 Å². The smallest absolute Gasteiger partial charge is 0.126 e. The van der Waals surface area contributed by atoms with Crippen LogP contribution in [-0.4, -0.2) is 7.11 Å². The van der Waals surface area contributed by atoms with E-state index in [1.807, 2.05) is 36.4 Å². The molecule has 82 valence electrons. The van der Waals surface area contributed by atoms with Crippen molar-refractivity contribution in [3.8, 4) is 16.9 Å². The Bertz CT molecular complexity index is 509. The number of benzene rings is 2. The average molecular weight is 214 g/mol. The number of hydrogen-bond acceptors (Lipinski definition) is 3. The van der Waals surface area contributed by atoms with E-state index in [4.69, 9.17) is 16.2 Å². The van der Waals surface area contributed by atoms with Gasteiger partial charge in [-0.25, -0.2) is 0 Å². The SMILES string of the molecule is COc1ccccc1-c1ccc(N)c(N)c1. The molecule has 0 aliphatic carbocycles. The predicted octanol–water partition coefficient (Wildman–Crippen LogP) is 2.53. The minimum absolute atomic E-state index is 0.586. The zero-order chi connectivity index (χ0) is 11.5. The molecule has 0 aliphatic rings. The highest BCUT2D eigenvalue weighted by molar-refractivity contribution is 5.77. The molecule has 4 N–H and O–H groups in total. The van der Waals surface area contributed by atoms with Gasteiger partial charge < -0.3 is 16.2 Å². The molecule has 3 nitrogen and oxygen atoms in total. The van der Waals surface area contributed by atoms with Gasteiger partial charge >= 0.3 is 0 Å². The van der Waals surface area contributed by atoms with Crippen molar-refractivity contribution in [1.82, 2.24) is 0 Å². The van der Waals surface area contributed by atoms with E-state index in [-0.39, 0.29) is 0 Å². The molecular weight excluding hydrogens is 200 g/mol. The fraction of sp³-hybridized carbons (Fsp3) is 0.0769. The van der Waals surface area contributed by atoms with Crippen molar-refractivity contribution >= 4 is 11.4 Å². The Hall–Kier alpha value is -2.16. The van der Waals surface area contributed by atoms with Crippen LogP contribution in [0.5, 0.6) is 5.75 Å². The Morgan fingerprint density at radius 2 is 1.69 bits per heavy atom. The number of ether oxygens (including phenoxy) is 1. The van der Waals surface area contributed by atoms with Crippen molar-refractivity contribution in [1.29, 1.82) is 0 Å². The molecule has 0 fully saturated rings. The lowest BCUT2D eigenvalue weighted by atomic mass is 10.0. The van der Waals surface area contributed by atoms with E-state index >= 15 is 0 Å². The molecule has 0 bridgehead atoms. The highest BCUT2D eigenvalue weighted by atomic mass is 16.5. The Kier molecular flexibility index (Phi) is 2.68. The number of methoxy groups -OCH3 is 1. The minimum atomic E-state index is 0.586. The Balaban J connectivity index is 2.54. The number of para-hydroxylation sites is 1. The summed E-state index contributed by atoms with van der Waals surface area (Å²) in [7, 11) is 1.65. The number of hydrogen-bond donors (Lipinski definition) is 2. The van der Waals surface area contributed by atoms with Crippen LogP contribution in [-0.2, 0) is 0 Å². The van der Waals surface area contributed by atoms with E-state index in [1.165, 1.54) is 0 Å². The summed E-state index contributed by atoms with van der Waals surface area (Å²) in [6, 6.07) is 13.4. The third-order valence-electron chi connectivity index (χ3n) is 2.50. The van der Waals surface area contributed by atoms with E-state index < -0.39 is 0 Å². The van der Waals surface area contributed by atoms with Crippen LogP contribution in [0.15, 0.2) is 42.5 Å². The molecular formula is C13H14N2O. The monoisotopic (exact) mass is 214 g/mol.